The first kappa shape index (κ1) is 11.6. The molecule has 2 unspecified atom stereocenters. The summed E-state index contributed by atoms with van der Waals surface area (Å²) in [5.74, 6) is -0.240. The number of ketones is 1. The minimum Gasteiger partial charge on any atom is -0.468 e. The van der Waals surface area contributed by atoms with Crippen molar-refractivity contribution in [1.82, 2.24) is 0 Å². The Morgan fingerprint density at radius 1 is 1.44 bits per heavy atom. The van der Waals surface area contributed by atoms with E-state index in [4.69, 9.17) is 4.74 Å². The zero-order chi connectivity index (χ0) is 11.8. The van der Waals surface area contributed by atoms with Crippen LogP contribution in [0, 0.1) is 17.3 Å². The van der Waals surface area contributed by atoms with E-state index in [1.165, 1.54) is 7.11 Å². The lowest BCUT2D eigenvalue weighted by Crippen LogP contribution is -2.32. The molecular weight excluding hydrogens is 204 g/mol. The molecular formula is C13H20O3. The van der Waals surface area contributed by atoms with Crippen LogP contribution in [-0.4, -0.2) is 18.9 Å². The topological polar surface area (TPSA) is 43.4 Å². The van der Waals surface area contributed by atoms with Crippen LogP contribution in [0.1, 0.15) is 45.4 Å². The summed E-state index contributed by atoms with van der Waals surface area (Å²) in [6, 6.07) is 0. The maximum Gasteiger partial charge on any atom is 0.316 e. The fourth-order valence-corrected chi connectivity index (χ4v) is 3.73. The van der Waals surface area contributed by atoms with Gasteiger partial charge in [0.1, 0.15) is 5.92 Å². The Hall–Kier alpha value is -0.860. The molecule has 90 valence electrons. The second kappa shape index (κ2) is 4.19. The van der Waals surface area contributed by atoms with Gasteiger partial charge in [0.05, 0.1) is 7.11 Å². The van der Waals surface area contributed by atoms with E-state index in [0.717, 1.165) is 32.1 Å². The molecule has 16 heavy (non-hydrogen) atoms. The number of esters is 1. The number of carbonyl (C=O) groups excluding carboxylic acids is 2. The second-order valence-electron chi connectivity index (χ2n) is 5.14. The van der Waals surface area contributed by atoms with Gasteiger partial charge in [-0.2, -0.15) is 0 Å². The molecule has 0 aromatic carbocycles. The van der Waals surface area contributed by atoms with E-state index < -0.39 is 5.92 Å². The minimum absolute atomic E-state index is 0.170. The Morgan fingerprint density at radius 2 is 2.06 bits per heavy atom. The van der Waals surface area contributed by atoms with E-state index in [9.17, 15) is 9.59 Å². The highest BCUT2D eigenvalue weighted by Crippen LogP contribution is 2.55. The number of hydrogen-bond donors (Lipinski definition) is 0. The predicted octanol–water partition coefficient (Wildman–Crippen LogP) is 2.33. The van der Waals surface area contributed by atoms with E-state index in [0.29, 0.717) is 12.3 Å². The van der Waals surface area contributed by atoms with Crippen molar-refractivity contribution in [1.29, 1.82) is 0 Å². The van der Waals surface area contributed by atoms with Crippen LogP contribution in [0.3, 0.4) is 0 Å². The normalized spacial score (nSPS) is 32.2. The van der Waals surface area contributed by atoms with Crippen molar-refractivity contribution in [2.24, 2.45) is 17.3 Å². The van der Waals surface area contributed by atoms with Gasteiger partial charge in [-0.1, -0.05) is 26.2 Å². The van der Waals surface area contributed by atoms with E-state index in [2.05, 4.69) is 6.92 Å². The van der Waals surface area contributed by atoms with E-state index in [-0.39, 0.29) is 17.2 Å². The van der Waals surface area contributed by atoms with Gasteiger partial charge in [0, 0.05) is 5.41 Å². The van der Waals surface area contributed by atoms with Gasteiger partial charge in [0.2, 0.25) is 0 Å². The summed E-state index contributed by atoms with van der Waals surface area (Å²) < 4.78 is 4.74. The van der Waals surface area contributed by atoms with Crippen molar-refractivity contribution >= 4 is 11.8 Å². The molecule has 2 rings (SSSR count). The van der Waals surface area contributed by atoms with Gasteiger partial charge in [-0.05, 0) is 25.2 Å². The van der Waals surface area contributed by atoms with Gasteiger partial charge in [-0.3, -0.25) is 9.59 Å². The highest BCUT2D eigenvalue weighted by atomic mass is 16.5. The van der Waals surface area contributed by atoms with Crippen molar-refractivity contribution < 1.29 is 14.3 Å². The number of Topliss-reactive ketones (excluding diaryl/α,β-unsaturated/α-hetero) is 1. The quantitative estimate of drug-likeness (QED) is 0.534. The van der Waals surface area contributed by atoms with Crippen molar-refractivity contribution in [3.05, 3.63) is 0 Å². The molecule has 3 nitrogen and oxygen atoms in total. The molecule has 2 saturated carbocycles. The van der Waals surface area contributed by atoms with Gasteiger partial charge >= 0.3 is 5.97 Å². The average Bonchev–Trinajstić information content (AvgIpc) is 2.88. The molecule has 0 radical (unpaired) electrons. The maximum atomic E-state index is 12.4. The molecule has 0 heterocycles. The van der Waals surface area contributed by atoms with E-state index in [1.54, 1.807) is 0 Å². The first-order chi connectivity index (χ1) is 7.65. The van der Waals surface area contributed by atoms with Crippen molar-refractivity contribution in [3.8, 4) is 0 Å². The molecule has 0 aliphatic heterocycles. The zero-order valence-corrected chi connectivity index (χ0v) is 10.1. The molecule has 0 aromatic rings. The molecule has 0 saturated heterocycles. The zero-order valence-electron chi connectivity index (χ0n) is 10.1. The lowest BCUT2D eigenvalue weighted by Gasteiger charge is -2.28. The smallest absolute Gasteiger partial charge is 0.316 e. The summed E-state index contributed by atoms with van der Waals surface area (Å²) in [5.41, 5.74) is -0.173. The summed E-state index contributed by atoms with van der Waals surface area (Å²) in [5, 5.41) is 0. The number of carbonyl (C=O) groups is 2. The average molecular weight is 224 g/mol. The molecule has 3 heteroatoms. The highest BCUT2D eigenvalue weighted by molar-refractivity contribution is 6.04. The van der Waals surface area contributed by atoms with Crippen LogP contribution in [0.2, 0.25) is 0 Å². The Bertz CT molecular complexity index is 302. The number of ether oxygens (including phenoxy) is 1. The summed E-state index contributed by atoms with van der Waals surface area (Å²) in [6.07, 6.45) is 5.95. The van der Waals surface area contributed by atoms with Crippen LogP contribution in [0.15, 0.2) is 0 Å². The highest BCUT2D eigenvalue weighted by Gasteiger charge is 2.56. The number of rotatable bonds is 2. The fraction of sp³-hybridized carbons (Fsp3) is 0.846. The SMILES string of the molecule is CCC1CC(C(=O)OC)C(=O)C12CCCC2. The van der Waals surface area contributed by atoms with Crippen LogP contribution in [0.4, 0.5) is 0 Å². The molecule has 0 amide bonds. The van der Waals surface area contributed by atoms with Crippen molar-refractivity contribution in [2.75, 3.05) is 7.11 Å². The van der Waals surface area contributed by atoms with Gasteiger partial charge in [-0.25, -0.2) is 0 Å². The molecule has 0 aromatic heterocycles. The molecule has 2 aliphatic carbocycles. The Labute approximate surface area is 96.5 Å². The first-order valence-corrected chi connectivity index (χ1v) is 6.28. The molecule has 2 fully saturated rings. The fourth-order valence-electron chi connectivity index (χ4n) is 3.73. The minimum atomic E-state index is -0.479. The third-order valence-corrected chi connectivity index (χ3v) is 4.58. The van der Waals surface area contributed by atoms with Gasteiger partial charge in [0.25, 0.3) is 0 Å². The van der Waals surface area contributed by atoms with Gasteiger partial charge in [-0.15, -0.1) is 0 Å². The predicted molar refractivity (Wildman–Crippen MR) is 59.8 cm³/mol. The van der Waals surface area contributed by atoms with Crippen LogP contribution in [-0.2, 0) is 14.3 Å². The molecule has 2 aliphatic rings. The third-order valence-electron chi connectivity index (χ3n) is 4.58. The monoisotopic (exact) mass is 224 g/mol. The largest absolute Gasteiger partial charge is 0.468 e. The Morgan fingerprint density at radius 3 is 2.56 bits per heavy atom. The summed E-state index contributed by atoms with van der Waals surface area (Å²) in [6.45, 7) is 2.12. The van der Waals surface area contributed by atoms with E-state index >= 15 is 0 Å². The summed E-state index contributed by atoms with van der Waals surface area (Å²) >= 11 is 0. The number of methoxy groups -OCH3 is 1. The Balaban J connectivity index is 2.25. The van der Waals surface area contributed by atoms with Crippen LogP contribution < -0.4 is 0 Å². The van der Waals surface area contributed by atoms with Gasteiger partial charge < -0.3 is 4.74 Å². The van der Waals surface area contributed by atoms with Crippen LogP contribution >= 0.6 is 0 Å². The lowest BCUT2D eigenvalue weighted by molar-refractivity contribution is -0.149. The van der Waals surface area contributed by atoms with Crippen LogP contribution in [0.5, 0.6) is 0 Å². The molecule has 0 N–H and O–H groups in total. The number of hydrogen-bond acceptors (Lipinski definition) is 3. The molecule has 1 spiro atoms. The van der Waals surface area contributed by atoms with Crippen LogP contribution in [0.25, 0.3) is 0 Å². The lowest BCUT2D eigenvalue weighted by atomic mass is 9.74. The standard InChI is InChI=1S/C13H20O3/c1-3-9-8-10(12(15)16-2)11(14)13(9)6-4-5-7-13/h9-10H,3-8H2,1-2H3. The summed E-state index contributed by atoms with van der Waals surface area (Å²) in [7, 11) is 1.37. The van der Waals surface area contributed by atoms with Gasteiger partial charge in [0.15, 0.2) is 5.78 Å². The third kappa shape index (κ3) is 1.48. The first-order valence-electron chi connectivity index (χ1n) is 6.28. The summed E-state index contributed by atoms with van der Waals surface area (Å²) in [4.78, 5) is 24.0. The second-order valence-corrected chi connectivity index (χ2v) is 5.14. The maximum absolute atomic E-state index is 12.4. The van der Waals surface area contributed by atoms with Crippen molar-refractivity contribution in [3.63, 3.8) is 0 Å². The molecule has 0 bridgehead atoms. The molecule has 2 atom stereocenters. The van der Waals surface area contributed by atoms with E-state index in [1.807, 2.05) is 0 Å². The van der Waals surface area contributed by atoms with Crippen molar-refractivity contribution in [2.45, 2.75) is 45.4 Å². The Kier molecular flexibility index (Phi) is 3.04.